The molecule has 1 atom stereocenters. The highest BCUT2D eigenvalue weighted by Gasteiger charge is 2.28. The van der Waals surface area contributed by atoms with Gasteiger partial charge in [0.2, 0.25) is 5.91 Å². The third-order valence-electron chi connectivity index (χ3n) is 4.25. The number of hydrogen-bond acceptors (Lipinski definition) is 6. The molecule has 3 rings (SSSR count). The van der Waals surface area contributed by atoms with Gasteiger partial charge in [0.1, 0.15) is 0 Å². The molecule has 1 unspecified atom stereocenters. The molecule has 1 amide bonds. The van der Waals surface area contributed by atoms with Crippen molar-refractivity contribution < 1.29 is 10.0 Å². The quantitative estimate of drug-likeness (QED) is 0.379. The summed E-state index contributed by atoms with van der Waals surface area (Å²) in [7, 11) is 0. The van der Waals surface area contributed by atoms with Crippen molar-refractivity contribution >= 4 is 22.5 Å². The molecule has 8 heteroatoms. The molecule has 1 aromatic heterocycles. The topological polar surface area (TPSA) is 119 Å². The Morgan fingerprint density at radius 2 is 2.32 bits per heavy atom. The Balaban J connectivity index is 1.83. The number of rotatable bonds is 5. The SMILES string of the molecule is CC(C)C(c1cc2c(N)cccc2[nH]1)N1C/C(=C/CC(=O)NO)N=N1. The first-order chi connectivity index (χ1) is 12.0. The zero-order valence-electron chi connectivity index (χ0n) is 14.2. The average molecular weight is 342 g/mol. The molecule has 0 aliphatic carbocycles. The number of nitrogens with one attached hydrogen (secondary N) is 2. The van der Waals surface area contributed by atoms with Crippen LogP contribution in [0.1, 0.15) is 32.0 Å². The highest BCUT2D eigenvalue weighted by molar-refractivity contribution is 5.91. The number of hydroxylamine groups is 1. The van der Waals surface area contributed by atoms with Gasteiger partial charge in [0.05, 0.1) is 18.3 Å². The number of nitrogens with zero attached hydrogens (tertiary/aromatic N) is 3. The van der Waals surface area contributed by atoms with E-state index in [-0.39, 0.29) is 18.4 Å². The first-order valence-corrected chi connectivity index (χ1v) is 8.17. The summed E-state index contributed by atoms with van der Waals surface area (Å²) >= 11 is 0. The van der Waals surface area contributed by atoms with Gasteiger partial charge in [-0.15, -0.1) is 5.11 Å². The number of H-pyrrole nitrogens is 1. The zero-order valence-corrected chi connectivity index (χ0v) is 14.2. The van der Waals surface area contributed by atoms with Crippen LogP contribution in [-0.4, -0.2) is 27.7 Å². The van der Waals surface area contributed by atoms with E-state index in [0.29, 0.717) is 12.2 Å². The molecule has 0 fully saturated rings. The second-order valence-corrected chi connectivity index (χ2v) is 6.44. The average Bonchev–Trinajstić information content (AvgIpc) is 3.20. The number of aromatic nitrogens is 1. The number of fused-ring (bicyclic) bond motifs is 1. The van der Waals surface area contributed by atoms with Gasteiger partial charge in [-0.3, -0.25) is 15.0 Å². The molecule has 2 aromatic rings. The van der Waals surface area contributed by atoms with Gasteiger partial charge < -0.3 is 10.7 Å². The molecule has 0 bridgehead atoms. The van der Waals surface area contributed by atoms with Crippen molar-refractivity contribution in [3.05, 3.63) is 41.7 Å². The summed E-state index contributed by atoms with van der Waals surface area (Å²) in [6.45, 7) is 4.75. The van der Waals surface area contributed by atoms with E-state index >= 15 is 0 Å². The van der Waals surface area contributed by atoms with Crippen LogP contribution < -0.4 is 11.2 Å². The minimum atomic E-state index is -0.479. The highest BCUT2D eigenvalue weighted by atomic mass is 16.5. The Bertz CT molecular complexity index is 839. The largest absolute Gasteiger partial charge is 0.398 e. The Morgan fingerprint density at radius 3 is 3.00 bits per heavy atom. The zero-order chi connectivity index (χ0) is 18.0. The third kappa shape index (κ3) is 3.48. The fraction of sp³-hybridized carbons (Fsp3) is 0.353. The van der Waals surface area contributed by atoms with E-state index < -0.39 is 5.91 Å². The Hall–Kier alpha value is -2.87. The fourth-order valence-corrected chi connectivity index (χ4v) is 3.08. The standard InChI is InChI=1S/C17H22N6O2/c1-10(2)17(15-8-12-13(18)4-3-5-14(12)19-15)23-9-11(20-22-23)6-7-16(24)21-25/h3-6,8,10,17,19,25H,7,9,18H2,1-2H3,(H,21,24)/b11-6-. The lowest BCUT2D eigenvalue weighted by atomic mass is 10.00. The van der Waals surface area contributed by atoms with Crippen molar-refractivity contribution in [3.8, 4) is 0 Å². The number of aromatic amines is 1. The van der Waals surface area contributed by atoms with Gasteiger partial charge in [0.25, 0.3) is 0 Å². The maximum absolute atomic E-state index is 11.1. The van der Waals surface area contributed by atoms with Crippen LogP contribution in [0.5, 0.6) is 0 Å². The summed E-state index contributed by atoms with van der Waals surface area (Å²) in [6.07, 6.45) is 1.73. The summed E-state index contributed by atoms with van der Waals surface area (Å²) in [4.78, 5) is 14.6. The van der Waals surface area contributed by atoms with Crippen LogP contribution in [0.4, 0.5) is 5.69 Å². The van der Waals surface area contributed by atoms with E-state index in [0.717, 1.165) is 22.3 Å². The molecule has 132 valence electrons. The molecule has 1 aliphatic heterocycles. The van der Waals surface area contributed by atoms with Crippen molar-refractivity contribution in [2.45, 2.75) is 26.3 Å². The van der Waals surface area contributed by atoms with Crippen LogP contribution in [0.25, 0.3) is 10.9 Å². The van der Waals surface area contributed by atoms with E-state index in [1.54, 1.807) is 11.6 Å². The predicted octanol–water partition coefficient (Wildman–Crippen LogP) is 2.91. The molecular formula is C17H22N6O2. The van der Waals surface area contributed by atoms with Gasteiger partial charge in [-0.05, 0) is 30.2 Å². The monoisotopic (exact) mass is 342 g/mol. The van der Waals surface area contributed by atoms with E-state index in [1.165, 1.54) is 0 Å². The Kier molecular flexibility index (Phi) is 4.71. The number of hydrogen-bond donors (Lipinski definition) is 4. The molecular weight excluding hydrogens is 320 g/mol. The summed E-state index contributed by atoms with van der Waals surface area (Å²) < 4.78 is 0. The van der Waals surface area contributed by atoms with Gasteiger partial charge in [0, 0.05) is 28.7 Å². The first kappa shape index (κ1) is 17.0. The molecule has 5 N–H and O–H groups in total. The van der Waals surface area contributed by atoms with Gasteiger partial charge >= 0.3 is 0 Å². The second kappa shape index (κ2) is 6.94. The number of nitrogens with two attached hydrogens (primary N) is 1. The molecule has 0 saturated heterocycles. The van der Waals surface area contributed by atoms with E-state index in [4.69, 9.17) is 10.9 Å². The minimum Gasteiger partial charge on any atom is -0.398 e. The first-order valence-electron chi connectivity index (χ1n) is 8.17. The summed E-state index contributed by atoms with van der Waals surface area (Å²) in [5.74, 6) is -0.194. The van der Waals surface area contributed by atoms with E-state index in [9.17, 15) is 4.79 Å². The van der Waals surface area contributed by atoms with Gasteiger partial charge in [-0.1, -0.05) is 25.1 Å². The van der Waals surface area contributed by atoms with Crippen LogP contribution in [-0.2, 0) is 4.79 Å². The normalized spacial score (nSPS) is 17.0. The lowest BCUT2D eigenvalue weighted by Gasteiger charge is -2.27. The van der Waals surface area contributed by atoms with Gasteiger partial charge in [-0.25, -0.2) is 5.48 Å². The van der Waals surface area contributed by atoms with Crippen LogP contribution in [0, 0.1) is 5.92 Å². The number of carbonyl (C=O) groups is 1. The molecule has 2 heterocycles. The Labute approximate surface area is 145 Å². The molecule has 0 saturated carbocycles. The maximum Gasteiger partial charge on any atom is 0.247 e. The number of anilines is 1. The van der Waals surface area contributed by atoms with Crippen molar-refractivity contribution in [1.82, 2.24) is 15.5 Å². The minimum absolute atomic E-state index is 0.00752. The fourth-order valence-electron chi connectivity index (χ4n) is 3.08. The highest BCUT2D eigenvalue weighted by Crippen LogP contribution is 2.34. The van der Waals surface area contributed by atoms with Crippen LogP contribution in [0.15, 0.2) is 46.4 Å². The molecule has 25 heavy (non-hydrogen) atoms. The molecule has 8 nitrogen and oxygen atoms in total. The van der Waals surface area contributed by atoms with E-state index in [2.05, 4.69) is 35.2 Å². The molecule has 1 aliphatic rings. The van der Waals surface area contributed by atoms with E-state index in [1.807, 2.05) is 23.2 Å². The molecule has 1 aromatic carbocycles. The lowest BCUT2D eigenvalue weighted by molar-refractivity contribution is -0.128. The van der Waals surface area contributed by atoms with Crippen LogP contribution in [0.2, 0.25) is 0 Å². The maximum atomic E-state index is 11.1. The summed E-state index contributed by atoms with van der Waals surface area (Å²) in [5, 5.41) is 19.8. The summed E-state index contributed by atoms with van der Waals surface area (Å²) in [5.41, 5.74) is 11.1. The van der Waals surface area contributed by atoms with Gasteiger partial charge in [0.15, 0.2) is 0 Å². The van der Waals surface area contributed by atoms with Crippen LogP contribution in [0.3, 0.4) is 0 Å². The number of carbonyl (C=O) groups excluding carboxylic acids is 1. The molecule has 0 spiro atoms. The van der Waals surface area contributed by atoms with Crippen molar-refractivity contribution in [2.24, 2.45) is 16.3 Å². The summed E-state index contributed by atoms with van der Waals surface area (Å²) in [6, 6.07) is 7.87. The Morgan fingerprint density at radius 1 is 1.52 bits per heavy atom. The van der Waals surface area contributed by atoms with Crippen LogP contribution >= 0.6 is 0 Å². The lowest BCUT2D eigenvalue weighted by Crippen LogP contribution is -2.26. The smallest absolute Gasteiger partial charge is 0.247 e. The predicted molar refractivity (Wildman–Crippen MR) is 94.5 cm³/mol. The van der Waals surface area contributed by atoms with Crippen molar-refractivity contribution in [3.63, 3.8) is 0 Å². The third-order valence-corrected chi connectivity index (χ3v) is 4.25. The number of benzene rings is 1. The van der Waals surface area contributed by atoms with Crippen molar-refractivity contribution in [1.29, 1.82) is 0 Å². The van der Waals surface area contributed by atoms with Gasteiger partial charge in [-0.2, -0.15) is 0 Å². The number of amides is 1. The second-order valence-electron chi connectivity index (χ2n) is 6.44. The number of nitrogen functional groups attached to an aromatic ring is 1. The van der Waals surface area contributed by atoms with Crippen molar-refractivity contribution in [2.75, 3.05) is 12.3 Å². The molecule has 0 radical (unpaired) electrons.